The number of alkyl halides is 1. The molecule has 0 N–H and O–H groups in total. The smallest absolute Gasteiger partial charge is 0.152 e. The maximum absolute atomic E-state index is 11.0. The molecule has 1 rings (SSSR count). The molecule has 1 unspecified atom stereocenters. The van der Waals surface area contributed by atoms with Gasteiger partial charge >= 0.3 is 0 Å². The van der Waals surface area contributed by atoms with Crippen molar-refractivity contribution in [2.24, 2.45) is 0 Å². The lowest BCUT2D eigenvalue weighted by molar-refractivity contribution is 0.601. The van der Waals surface area contributed by atoms with Crippen molar-refractivity contribution in [3.63, 3.8) is 0 Å². The number of allylic oxidation sites excluding steroid dienone is 1. The van der Waals surface area contributed by atoms with E-state index in [1.54, 1.807) is 6.26 Å². The molecule has 0 aliphatic rings. The van der Waals surface area contributed by atoms with E-state index in [0.717, 1.165) is 10.5 Å². The third-order valence-corrected chi connectivity index (χ3v) is 2.73. The Balaban J connectivity index is 2.75. The van der Waals surface area contributed by atoms with Gasteiger partial charge in [0.2, 0.25) is 0 Å². The molecular weight excluding hydrogens is 204 g/mol. The summed E-state index contributed by atoms with van der Waals surface area (Å²) in [6, 6.07) is 7.59. The average Bonchev–Trinajstić information content (AvgIpc) is 2.15. The minimum Gasteiger partial charge on any atom is -0.612 e. The lowest BCUT2D eigenvalue weighted by Crippen LogP contribution is -1.96. The van der Waals surface area contributed by atoms with E-state index in [1.165, 1.54) is 0 Å². The zero-order chi connectivity index (χ0) is 9.68. The molecule has 0 aliphatic carbocycles. The minimum atomic E-state index is -0.893. The van der Waals surface area contributed by atoms with Gasteiger partial charge in [-0.1, -0.05) is 24.3 Å². The third-order valence-electron chi connectivity index (χ3n) is 1.61. The molecule has 0 fully saturated rings. The Morgan fingerprint density at radius 3 is 2.46 bits per heavy atom. The van der Waals surface area contributed by atoms with Crippen LogP contribution in [0.25, 0.3) is 6.08 Å². The fraction of sp³-hybridized carbons (Fsp3) is 0.200. The van der Waals surface area contributed by atoms with Crippen LogP contribution in [0.1, 0.15) is 5.56 Å². The van der Waals surface area contributed by atoms with Crippen LogP contribution in [0.4, 0.5) is 0 Å². The van der Waals surface area contributed by atoms with Gasteiger partial charge in [0, 0.05) is 5.88 Å². The fourth-order valence-corrected chi connectivity index (χ4v) is 1.56. The van der Waals surface area contributed by atoms with Gasteiger partial charge in [-0.15, -0.1) is 11.6 Å². The Labute approximate surface area is 86.6 Å². The second kappa shape index (κ2) is 5.32. The highest BCUT2D eigenvalue weighted by Gasteiger charge is 2.01. The Kier molecular flexibility index (Phi) is 4.36. The fourth-order valence-electron chi connectivity index (χ4n) is 0.951. The van der Waals surface area contributed by atoms with Crippen LogP contribution in [0.5, 0.6) is 0 Å². The van der Waals surface area contributed by atoms with Crippen molar-refractivity contribution in [3.8, 4) is 0 Å². The molecule has 3 heteroatoms. The second-order valence-corrected chi connectivity index (χ2v) is 4.27. The summed E-state index contributed by atoms with van der Waals surface area (Å²) in [7, 11) is 0. The van der Waals surface area contributed by atoms with Crippen molar-refractivity contribution in [2.45, 2.75) is 4.90 Å². The van der Waals surface area contributed by atoms with Crippen molar-refractivity contribution in [3.05, 3.63) is 35.9 Å². The maximum atomic E-state index is 11.0. The summed E-state index contributed by atoms with van der Waals surface area (Å²) in [6.45, 7) is 0. The highest BCUT2D eigenvalue weighted by Crippen LogP contribution is 2.11. The molecule has 0 amide bonds. The third kappa shape index (κ3) is 3.43. The molecule has 1 atom stereocenters. The monoisotopic (exact) mass is 214 g/mol. The first-order chi connectivity index (χ1) is 6.24. The summed E-state index contributed by atoms with van der Waals surface area (Å²) in [6.07, 6.45) is 5.48. The second-order valence-electron chi connectivity index (χ2n) is 2.58. The van der Waals surface area contributed by atoms with Gasteiger partial charge in [0.25, 0.3) is 0 Å². The van der Waals surface area contributed by atoms with Crippen LogP contribution in [0, 0.1) is 0 Å². The number of halogens is 1. The zero-order valence-electron chi connectivity index (χ0n) is 7.37. The zero-order valence-corrected chi connectivity index (χ0v) is 8.94. The van der Waals surface area contributed by atoms with Crippen LogP contribution in [-0.4, -0.2) is 16.7 Å². The molecule has 1 aromatic rings. The summed E-state index contributed by atoms with van der Waals surface area (Å²) in [5.74, 6) is 0.515. The Hall–Kier alpha value is -0.440. The summed E-state index contributed by atoms with van der Waals surface area (Å²) in [5, 5.41) is 0. The molecule has 1 aromatic carbocycles. The van der Waals surface area contributed by atoms with Crippen molar-refractivity contribution in [1.82, 2.24) is 0 Å². The van der Waals surface area contributed by atoms with Crippen LogP contribution in [-0.2, 0) is 11.2 Å². The first-order valence-electron chi connectivity index (χ1n) is 3.90. The number of hydrogen-bond donors (Lipinski definition) is 0. The van der Waals surface area contributed by atoms with Gasteiger partial charge in [0.05, 0.1) is 0 Å². The Morgan fingerprint density at radius 2 is 2.00 bits per heavy atom. The Morgan fingerprint density at radius 1 is 1.38 bits per heavy atom. The quantitative estimate of drug-likeness (QED) is 0.561. The number of benzene rings is 1. The molecule has 0 aliphatic heterocycles. The van der Waals surface area contributed by atoms with Crippen LogP contribution >= 0.6 is 11.6 Å². The summed E-state index contributed by atoms with van der Waals surface area (Å²) >= 11 is 4.60. The van der Waals surface area contributed by atoms with Crippen LogP contribution < -0.4 is 0 Å². The predicted molar refractivity (Wildman–Crippen MR) is 58.5 cm³/mol. The summed E-state index contributed by atoms with van der Waals surface area (Å²) in [5.41, 5.74) is 1.08. The largest absolute Gasteiger partial charge is 0.612 e. The lowest BCUT2D eigenvalue weighted by Gasteiger charge is -2.03. The van der Waals surface area contributed by atoms with Crippen molar-refractivity contribution >= 4 is 28.9 Å². The van der Waals surface area contributed by atoms with E-state index in [4.69, 9.17) is 11.6 Å². The van der Waals surface area contributed by atoms with Gasteiger partial charge in [-0.25, -0.2) is 0 Å². The van der Waals surface area contributed by atoms with Gasteiger partial charge in [-0.05, 0) is 28.9 Å². The first kappa shape index (κ1) is 10.6. The van der Waals surface area contributed by atoms with E-state index in [9.17, 15) is 4.55 Å². The molecule has 0 aromatic heterocycles. The van der Waals surface area contributed by atoms with E-state index in [-0.39, 0.29) is 0 Å². The molecule has 0 radical (unpaired) electrons. The topological polar surface area (TPSA) is 23.1 Å². The molecule has 70 valence electrons. The van der Waals surface area contributed by atoms with E-state index < -0.39 is 11.2 Å². The first-order valence-corrected chi connectivity index (χ1v) is 5.99. The standard InChI is InChI=1S/C10H11ClOS/c1-13(12)10-6-4-9(5-7-10)3-2-8-11/h2-7H,8H2,1H3/b3-2+. The normalized spacial score (nSPS) is 13.5. The number of hydrogen-bond acceptors (Lipinski definition) is 1. The molecule has 0 bridgehead atoms. The van der Waals surface area contributed by atoms with Gasteiger partial charge in [0.1, 0.15) is 6.26 Å². The lowest BCUT2D eigenvalue weighted by atomic mass is 10.2. The summed E-state index contributed by atoms with van der Waals surface area (Å²) in [4.78, 5) is 0.850. The van der Waals surface area contributed by atoms with E-state index in [0.29, 0.717) is 5.88 Å². The molecule has 0 heterocycles. The predicted octanol–water partition coefficient (Wildman–Crippen LogP) is 2.68. The van der Waals surface area contributed by atoms with Crippen molar-refractivity contribution in [2.75, 3.05) is 12.1 Å². The SMILES string of the molecule is C[S+]([O-])c1ccc(/C=C/CCl)cc1. The molecule has 0 saturated heterocycles. The maximum Gasteiger partial charge on any atom is 0.152 e. The average molecular weight is 215 g/mol. The Bertz CT molecular complexity index is 279. The van der Waals surface area contributed by atoms with Gasteiger partial charge in [-0.2, -0.15) is 0 Å². The molecule has 0 spiro atoms. The van der Waals surface area contributed by atoms with Crippen molar-refractivity contribution < 1.29 is 4.55 Å². The molecule has 0 saturated carbocycles. The van der Waals surface area contributed by atoms with E-state index in [1.807, 2.05) is 36.4 Å². The van der Waals surface area contributed by atoms with Crippen LogP contribution in [0.3, 0.4) is 0 Å². The number of rotatable bonds is 3. The molecule has 13 heavy (non-hydrogen) atoms. The van der Waals surface area contributed by atoms with Gasteiger partial charge in [-0.3, -0.25) is 0 Å². The van der Waals surface area contributed by atoms with Crippen LogP contribution in [0.2, 0.25) is 0 Å². The van der Waals surface area contributed by atoms with Gasteiger partial charge in [0.15, 0.2) is 4.90 Å². The highest BCUT2D eigenvalue weighted by atomic mass is 35.5. The molecule has 1 nitrogen and oxygen atoms in total. The van der Waals surface area contributed by atoms with Crippen molar-refractivity contribution in [1.29, 1.82) is 0 Å². The van der Waals surface area contributed by atoms with Crippen LogP contribution in [0.15, 0.2) is 35.2 Å². The highest BCUT2D eigenvalue weighted by molar-refractivity contribution is 7.90. The minimum absolute atomic E-state index is 0.515. The van der Waals surface area contributed by atoms with E-state index in [2.05, 4.69) is 0 Å². The van der Waals surface area contributed by atoms with Gasteiger partial charge < -0.3 is 4.55 Å². The van der Waals surface area contributed by atoms with E-state index >= 15 is 0 Å². The summed E-state index contributed by atoms with van der Waals surface area (Å²) < 4.78 is 11.0. The molecular formula is C10H11ClOS.